The molecular weight excluding hydrogens is 304 g/mol. The first-order valence-electron chi connectivity index (χ1n) is 9.31. The van der Waals surface area contributed by atoms with E-state index in [-0.39, 0.29) is 0 Å². The van der Waals surface area contributed by atoms with E-state index in [0.29, 0.717) is 6.04 Å². The van der Waals surface area contributed by atoms with E-state index in [4.69, 9.17) is 0 Å². The molecule has 3 aromatic carbocycles. The Morgan fingerprint density at radius 2 is 1.64 bits per heavy atom. The van der Waals surface area contributed by atoms with Crippen molar-refractivity contribution < 1.29 is 0 Å². The fourth-order valence-corrected chi connectivity index (χ4v) is 3.96. The van der Waals surface area contributed by atoms with E-state index < -0.39 is 0 Å². The molecule has 128 valence electrons. The van der Waals surface area contributed by atoms with Crippen LogP contribution in [0.25, 0.3) is 10.8 Å². The Morgan fingerprint density at radius 3 is 2.52 bits per heavy atom. The third kappa shape index (κ3) is 3.60. The van der Waals surface area contributed by atoms with Crippen LogP contribution in [0.4, 0.5) is 0 Å². The highest BCUT2D eigenvalue weighted by Crippen LogP contribution is 2.31. The summed E-state index contributed by atoms with van der Waals surface area (Å²) >= 11 is 0. The average molecular weight is 330 g/mol. The van der Waals surface area contributed by atoms with Crippen LogP contribution in [-0.2, 0) is 0 Å². The third-order valence-electron chi connectivity index (χ3n) is 5.19. The predicted octanol–water partition coefficient (Wildman–Crippen LogP) is 4.53. The molecule has 0 aromatic heterocycles. The number of nitrogens with zero attached hydrogens (tertiary/aromatic N) is 1. The first kappa shape index (κ1) is 16.3. The molecule has 0 saturated carbocycles. The molecule has 1 heterocycles. The molecule has 1 N–H and O–H groups in total. The Bertz CT molecular complexity index is 847. The van der Waals surface area contributed by atoms with Crippen LogP contribution in [0.2, 0.25) is 0 Å². The Hall–Kier alpha value is -2.16. The lowest BCUT2D eigenvalue weighted by Crippen LogP contribution is -2.33. The number of hydrogen-bond acceptors (Lipinski definition) is 2. The molecule has 0 amide bonds. The highest BCUT2D eigenvalue weighted by Gasteiger charge is 2.23. The van der Waals surface area contributed by atoms with Gasteiger partial charge in [0.15, 0.2) is 0 Å². The summed E-state index contributed by atoms with van der Waals surface area (Å²) in [4.78, 5) is 2.64. The summed E-state index contributed by atoms with van der Waals surface area (Å²) in [6.07, 6.45) is 1.20. The van der Waals surface area contributed by atoms with Gasteiger partial charge in [-0.25, -0.2) is 0 Å². The van der Waals surface area contributed by atoms with Gasteiger partial charge in [0, 0.05) is 19.6 Å². The van der Waals surface area contributed by atoms with E-state index >= 15 is 0 Å². The lowest BCUT2D eigenvalue weighted by molar-refractivity contribution is 0.241. The number of fused-ring (bicyclic) bond motifs is 1. The topological polar surface area (TPSA) is 15.3 Å². The highest BCUT2D eigenvalue weighted by atomic mass is 15.2. The van der Waals surface area contributed by atoms with Gasteiger partial charge in [0.05, 0.1) is 6.04 Å². The van der Waals surface area contributed by atoms with Crippen molar-refractivity contribution in [3.05, 3.63) is 83.4 Å². The zero-order chi connectivity index (χ0) is 17.1. The zero-order valence-corrected chi connectivity index (χ0v) is 14.9. The molecule has 2 nitrogen and oxygen atoms in total. The second-order valence-electron chi connectivity index (χ2n) is 7.06. The van der Waals surface area contributed by atoms with Gasteiger partial charge in [0.2, 0.25) is 0 Å². The maximum Gasteiger partial charge on any atom is 0.0602 e. The third-order valence-corrected chi connectivity index (χ3v) is 5.19. The minimum atomic E-state index is 0.324. The molecule has 0 bridgehead atoms. The van der Waals surface area contributed by atoms with Crippen molar-refractivity contribution in [3.63, 3.8) is 0 Å². The van der Waals surface area contributed by atoms with Crippen LogP contribution in [-0.4, -0.2) is 31.1 Å². The lowest BCUT2D eigenvalue weighted by atomic mass is 9.93. The average Bonchev–Trinajstić information content (AvgIpc) is 2.91. The molecular formula is C23H26N2. The van der Waals surface area contributed by atoms with Crippen LogP contribution in [0.5, 0.6) is 0 Å². The largest absolute Gasteiger partial charge is 0.315 e. The molecule has 2 heteroatoms. The Balaban J connectivity index is 1.80. The molecule has 25 heavy (non-hydrogen) atoms. The molecule has 1 unspecified atom stereocenters. The molecule has 0 spiro atoms. The Morgan fingerprint density at radius 1 is 0.800 bits per heavy atom. The van der Waals surface area contributed by atoms with Crippen molar-refractivity contribution >= 4 is 10.8 Å². The summed E-state index contributed by atoms with van der Waals surface area (Å²) < 4.78 is 0. The standard InChI is InChI=1S/C23H26N2/c1-18-6-4-9-21(16-18)23(25-14-5-12-24-13-15-25)22-11-10-19-7-2-3-8-20(19)17-22/h2-4,6-11,16-17,23-24H,5,12-15H2,1H3. The Kier molecular flexibility index (Phi) is 4.82. The second-order valence-corrected chi connectivity index (χ2v) is 7.06. The molecule has 1 saturated heterocycles. The van der Waals surface area contributed by atoms with Gasteiger partial charge in [0.1, 0.15) is 0 Å². The van der Waals surface area contributed by atoms with Crippen LogP contribution in [0, 0.1) is 6.92 Å². The normalized spacial score (nSPS) is 17.3. The van der Waals surface area contributed by atoms with Gasteiger partial charge < -0.3 is 5.32 Å². The summed E-state index contributed by atoms with van der Waals surface area (Å²) in [5, 5.41) is 6.17. The van der Waals surface area contributed by atoms with E-state index in [2.05, 4.69) is 83.9 Å². The maximum atomic E-state index is 3.53. The smallest absolute Gasteiger partial charge is 0.0602 e. The molecule has 0 radical (unpaired) electrons. The minimum absolute atomic E-state index is 0.324. The van der Waals surface area contributed by atoms with Gasteiger partial charge in [-0.3, -0.25) is 4.90 Å². The monoisotopic (exact) mass is 330 g/mol. The van der Waals surface area contributed by atoms with Gasteiger partial charge in [-0.05, 0) is 47.9 Å². The predicted molar refractivity (Wildman–Crippen MR) is 106 cm³/mol. The van der Waals surface area contributed by atoms with Crippen molar-refractivity contribution in [3.8, 4) is 0 Å². The summed E-state index contributed by atoms with van der Waals surface area (Å²) in [5.74, 6) is 0. The van der Waals surface area contributed by atoms with E-state index in [9.17, 15) is 0 Å². The number of rotatable bonds is 3. The summed E-state index contributed by atoms with van der Waals surface area (Å²) in [6.45, 7) is 6.60. The van der Waals surface area contributed by atoms with Crippen molar-refractivity contribution in [2.24, 2.45) is 0 Å². The molecule has 4 rings (SSSR count). The zero-order valence-electron chi connectivity index (χ0n) is 14.9. The van der Waals surface area contributed by atoms with Crippen molar-refractivity contribution in [1.29, 1.82) is 0 Å². The van der Waals surface area contributed by atoms with Crippen molar-refractivity contribution in [1.82, 2.24) is 10.2 Å². The molecule has 1 aliphatic heterocycles. The fourth-order valence-electron chi connectivity index (χ4n) is 3.96. The molecule has 1 fully saturated rings. The summed E-state index contributed by atoms with van der Waals surface area (Å²) in [5.41, 5.74) is 4.12. The molecule has 1 atom stereocenters. The maximum absolute atomic E-state index is 3.53. The van der Waals surface area contributed by atoms with Crippen molar-refractivity contribution in [2.75, 3.05) is 26.2 Å². The highest BCUT2D eigenvalue weighted by molar-refractivity contribution is 5.83. The molecule has 0 aliphatic carbocycles. The van der Waals surface area contributed by atoms with Gasteiger partial charge in [0.25, 0.3) is 0 Å². The van der Waals surface area contributed by atoms with Gasteiger partial charge in [-0.2, -0.15) is 0 Å². The number of benzene rings is 3. The van der Waals surface area contributed by atoms with E-state index in [1.165, 1.54) is 33.9 Å². The quantitative estimate of drug-likeness (QED) is 0.759. The first-order chi connectivity index (χ1) is 12.3. The number of hydrogen-bond donors (Lipinski definition) is 1. The first-order valence-corrected chi connectivity index (χ1v) is 9.31. The number of aryl methyl sites for hydroxylation is 1. The van der Waals surface area contributed by atoms with E-state index in [0.717, 1.165) is 26.2 Å². The Labute approximate surface area is 150 Å². The summed E-state index contributed by atoms with van der Waals surface area (Å²) in [6, 6.07) is 24.9. The SMILES string of the molecule is Cc1cccc(C(c2ccc3ccccc3c2)N2CCCNCC2)c1. The van der Waals surface area contributed by atoms with Crippen LogP contribution >= 0.6 is 0 Å². The minimum Gasteiger partial charge on any atom is -0.315 e. The van der Waals surface area contributed by atoms with E-state index in [1.54, 1.807) is 0 Å². The van der Waals surface area contributed by atoms with Crippen LogP contribution < -0.4 is 5.32 Å². The fraction of sp³-hybridized carbons (Fsp3) is 0.304. The van der Waals surface area contributed by atoms with E-state index in [1.807, 2.05) is 0 Å². The van der Waals surface area contributed by atoms with Crippen molar-refractivity contribution in [2.45, 2.75) is 19.4 Å². The van der Waals surface area contributed by atoms with Gasteiger partial charge >= 0.3 is 0 Å². The van der Waals surface area contributed by atoms with Gasteiger partial charge in [-0.15, -0.1) is 0 Å². The van der Waals surface area contributed by atoms with Crippen LogP contribution in [0.3, 0.4) is 0 Å². The molecule has 1 aliphatic rings. The number of nitrogens with one attached hydrogen (secondary N) is 1. The second kappa shape index (κ2) is 7.38. The van der Waals surface area contributed by atoms with Crippen LogP contribution in [0.15, 0.2) is 66.7 Å². The lowest BCUT2D eigenvalue weighted by Gasteiger charge is -2.31. The summed E-state index contributed by atoms with van der Waals surface area (Å²) in [7, 11) is 0. The van der Waals surface area contributed by atoms with Gasteiger partial charge in [-0.1, -0.05) is 66.2 Å². The molecule has 3 aromatic rings. The van der Waals surface area contributed by atoms with Crippen LogP contribution in [0.1, 0.15) is 29.2 Å².